The van der Waals surface area contributed by atoms with E-state index in [9.17, 15) is 9.90 Å². The molecule has 0 amide bonds. The number of carboxylic acids is 1. The summed E-state index contributed by atoms with van der Waals surface area (Å²) in [7, 11) is 0. The van der Waals surface area contributed by atoms with Gasteiger partial charge in [0.25, 0.3) is 0 Å². The molecule has 1 aromatic heterocycles. The van der Waals surface area contributed by atoms with Crippen molar-refractivity contribution >= 4 is 16.9 Å². The number of aliphatic carboxylic acids is 1. The van der Waals surface area contributed by atoms with Crippen LogP contribution in [0.15, 0.2) is 54.7 Å². The van der Waals surface area contributed by atoms with E-state index in [2.05, 4.69) is 10.3 Å². The number of benzene rings is 2. The third-order valence-corrected chi connectivity index (χ3v) is 3.81. The molecule has 3 aromatic rings. The average molecular weight is 294 g/mol. The Hall–Kier alpha value is -2.59. The molecule has 0 saturated heterocycles. The number of aromatic amines is 1. The summed E-state index contributed by atoms with van der Waals surface area (Å²) in [6.07, 6.45) is 1.77. The van der Waals surface area contributed by atoms with Gasteiger partial charge in [0.05, 0.1) is 0 Å². The van der Waals surface area contributed by atoms with Gasteiger partial charge in [-0.1, -0.05) is 48.0 Å². The monoisotopic (exact) mass is 294 g/mol. The number of rotatable bonds is 5. The van der Waals surface area contributed by atoms with Crippen LogP contribution < -0.4 is 5.32 Å². The SMILES string of the molecule is Cc1ccc(CNC(C(=O)O)c2c[nH]c3ccccc23)cc1. The van der Waals surface area contributed by atoms with Crippen LogP contribution in [0.5, 0.6) is 0 Å². The van der Waals surface area contributed by atoms with Gasteiger partial charge in [-0.15, -0.1) is 0 Å². The van der Waals surface area contributed by atoms with Crippen molar-refractivity contribution in [2.75, 3.05) is 0 Å². The Morgan fingerprint density at radius 3 is 2.64 bits per heavy atom. The van der Waals surface area contributed by atoms with Gasteiger partial charge in [0.2, 0.25) is 0 Å². The molecule has 2 aromatic carbocycles. The highest BCUT2D eigenvalue weighted by molar-refractivity contribution is 5.89. The lowest BCUT2D eigenvalue weighted by Crippen LogP contribution is -2.27. The molecule has 112 valence electrons. The lowest BCUT2D eigenvalue weighted by Gasteiger charge is -2.14. The van der Waals surface area contributed by atoms with Gasteiger partial charge >= 0.3 is 5.97 Å². The zero-order valence-corrected chi connectivity index (χ0v) is 12.3. The van der Waals surface area contributed by atoms with Gasteiger partial charge < -0.3 is 10.1 Å². The number of para-hydroxylation sites is 1. The fourth-order valence-corrected chi connectivity index (χ4v) is 2.59. The summed E-state index contributed by atoms with van der Waals surface area (Å²) in [6.45, 7) is 2.54. The molecule has 1 unspecified atom stereocenters. The third kappa shape index (κ3) is 2.87. The molecule has 1 heterocycles. The highest BCUT2D eigenvalue weighted by Crippen LogP contribution is 2.24. The second kappa shape index (κ2) is 6.03. The van der Waals surface area contributed by atoms with Crippen molar-refractivity contribution in [3.8, 4) is 0 Å². The Morgan fingerprint density at radius 2 is 1.91 bits per heavy atom. The molecule has 0 saturated carbocycles. The molecule has 4 nitrogen and oxygen atoms in total. The van der Waals surface area contributed by atoms with E-state index in [4.69, 9.17) is 0 Å². The van der Waals surface area contributed by atoms with Crippen LogP contribution >= 0.6 is 0 Å². The van der Waals surface area contributed by atoms with Gasteiger partial charge in [-0.2, -0.15) is 0 Å². The molecule has 0 fully saturated rings. The quantitative estimate of drug-likeness (QED) is 0.676. The molecule has 0 bridgehead atoms. The van der Waals surface area contributed by atoms with Crippen LogP contribution in [0.2, 0.25) is 0 Å². The Labute approximate surface area is 128 Å². The highest BCUT2D eigenvalue weighted by atomic mass is 16.4. The lowest BCUT2D eigenvalue weighted by atomic mass is 10.1. The summed E-state index contributed by atoms with van der Waals surface area (Å²) in [4.78, 5) is 14.8. The molecule has 0 aliphatic rings. The number of hydrogen-bond acceptors (Lipinski definition) is 2. The first kappa shape index (κ1) is 14.4. The van der Waals surface area contributed by atoms with Crippen molar-refractivity contribution in [3.05, 3.63) is 71.4 Å². The van der Waals surface area contributed by atoms with Gasteiger partial charge in [0.15, 0.2) is 0 Å². The van der Waals surface area contributed by atoms with E-state index in [1.165, 1.54) is 5.56 Å². The topological polar surface area (TPSA) is 65.1 Å². The summed E-state index contributed by atoms with van der Waals surface area (Å²) in [5, 5.41) is 13.6. The minimum Gasteiger partial charge on any atom is -0.480 e. The second-order valence-corrected chi connectivity index (χ2v) is 5.43. The largest absolute Gasteiger partial charge is 0.480 e. The number of hydrogen-bond donors (Lipinski definition) is 3. The van der Waals surface area contributed by atoms with Crippen molar-refractivity contribution in [2.45, 2.75) is 19.5 Å². The van der Waals surface area contributed by atoms with Crippen LogP contribution in [-0.4, -0.2) is 16.1 Å². The molecular weight excluding hydrogens is 276 g/mol. The second-order valence-electron chi connectivity index (χ2n) is 5.43. The zero-order valence-electron chi connectivity index (χ0n) is 12.3. The van der Waals surface area contributed by atoms with Gasteiger partial charge in [0, 0.05) is 29.2 Å². The van der Waals surface area contributed by atoms with E-state index in [1.54, 1.807) is 6.20 Å². The molecule has 0 spiro atoms. The fourth-order valence-electron chi connectivity index (χ4n) is 2.59. The minimum absolute atomic E-state index is 0.511. The normalized spacial score (nSPS) is 12.4. The van der Waals surface area contributed by atoms with Crippen molar-refractivity contribution < 1.29 is 9.90 Å². The minimum atomic E-state index is -0.878. The standard InChI is InChI=1S/C18H18N2O2/c1-12-6-8-13(9-7-12)10-20-17(18(21)22)15-11-19-16-5-3-2-4-14(15)16/h2-9,11,17,19-20H,10H2,1H3,(H,21,22). The zero-order chi connectivity index (χ0) is 15.5. The first-order chi connectivity index (χ1) is 10.6. The van der Waals surface area contributed by atoms with Crippen molar-refractivity contribution in [1.82, 2.24) is 10.3 Å². The molecule has 3 rings (SSSR count). The molecule has 0 aliphatic carbocycles. The maximum Gasteiger partial charge on any atom is 0.325 e. The maximum absolute atomic E-state index is 11.6. The van der Waals surface area contributed by atoms with Gasteiger partial charge in [-0.3, -0.25) is 10.1 Å². The Bertz CT molecular complexity index is 790. The van der Waals surface area contributed by atoms with E-state index in [-0.39, 0.29) is 0 Å². The number of aromatic nitrogens is 1. The van der Waals surface area contributed by atoms with Gasteiger partial charge in [0.1, 0.15) is 6.04 Å². The first-order valence-electron chi connectivity index (χ1n) is 7.23. The number of H-pyrrole nitrogens is 1. The number of nitrogens with one attached hydrogen (secondary N) is 2. The van der Waals surface area contributed by atoms with Crippen LogP contribution in [0.25, 0.3) is 10.9 Å². The van der Waals surface area contributed by atoms with Crippen LogP contribution in [-0.2, 0) is 11.3 Å². The molecule has 0 radical (unpaired) electrons. The Morgan fingerprint density at radius 1 is 1.18 bits per heavy atom. The van der Waals surface area contributed by atoms with Gasteiger partial charge in [-0.05, 0) is 18.6 Å². The van der Waals surface area contributed by atoms with Crippen LogP contribution in [0.1, 0.15) is 22.7 Å². The third-order valence-electron chi connectivity index (χ3n) is 3.81. The summed E-state index contributed by atoms with van der Waals surface area (Å²) >= 11 is 0. The van der Waals surface area contributed by atoms with Crippen molar-refractivity contribution in [3.63, 3.8) is 0 Å². The predicted octanol–water partition coefficient (Wildman–Crippen LogP) is 3.39. The van der Waals surface area contributed by atoms with E-state index < -0.39 is 12.0 Å². The molecule has 22 heavy (non-hydrogen) atoms. The highest BCUT2D eigenvalue weighted by Gasteiger charge is 2.22. The van der Waals surface area contributed by atoms with Crippen LogP contribution in [0.4, 0.5) is 0 Å². The maximum atomic E-state index is 11.6. The Kier molecular flexibility index (Phi) is 3.94. The summed E-state index contributed by atoms with van der Waals surface area (Å²) in [5.41, 5.74) is 3.96. The lowest BCUT2D eigenvalue weighted by molar-refractivity contribution is -0.139. The van der Waals surface area contributed by atoms with Crippen LogP contribution in [0.3, 0.4) is 0 Å². The first-order valence-corrected chi connectivity index (χ1v) is 7.23. The fraction of sp³-hybridized carbons (Fsp3) is 0.167. The molecule has 0 aliphatic heterocycles. The molecule has 4 heteroatoms. The van der Waals surface area contributed by atoms with Crippen molar-refractivity contribution in [1.29, 1.82) is 0 Å². The summed E-state index contributed by atoms with van der Waals surface area (Å²) in [6, 6.07) is 15.1. The molecule has 1 atom stereocenters. The number of carboxylic acid groups (broad SMARTS) is 1. The average Bonchev–Trinajstić information content (AvgIpc) is 2.93. The van der Waals surface area contributed by atoms with Crippen LogP contribution in [0, 0.1) is 6.92 Å². The van der Waals surface area contributed by atoms with E-state index in [0.717, 1.165) is 22.0 Å². The number of aryl methyl sites for hydroxylation is 1. The van der Waals surface area contributed by atoms with E-state index >= 15 is 0 Å². The van der Waals surface area contributed by atoms with E-state index in [0.29, 0.717) is 6.54 Å². The molecular formula is C18H18N2O2. The van der Waals surface area contributed by atoms with Gasteiger partial charge in [-0.25, -0.2) is 0 Å². The summed E-state index contributed by atoms with van der Waals surface area (Å²) < 4.78 is 0. The molecule has 3 N–H and O–H groups in total. The predicted molar refractivity (Wildman–Crippen MR) is 86.7 cm³/mol. The van der Waals surface area contributed by atoms with Crippen molar-refractivity contribution in [2.24, 2.45) is 0 Å². The number of fused-ring (bicyclic) bond motifs is 1. The number of carbonyl (C=O) groups is 1. The van der Waals surface area contributed by atoms with E-state index in [1.807, 2.05) is 55.5 Å². The Balaban J connectivity index is 1.84. The smallest absolute Gasteiger partial charge is 0.325 e. The summed E-state index contributed by atoms with van der Waals surface area (Å²) in [5.74, 6) is -0.878.